The molecule has 0 radical (unpaired) electrons. The number of carbonyl (C=O) groups is 2. The predicted octanol–water partition coefficient (Wildman–Crippen LogP) is 3.38. The first kappa shape index (κ1) is 20.7. The molecule has 2 aliphatic heterocycles. The third-order valence-electron chi connectivity index (χ3n) is 5.40. The molecule has 0 spiro atoms. The van der Waals surface area contributed by atoms with E-state index in [9.17, 15) is 14.4 Å². The van der Waals surface area contributed by atoms with Crippen molar-refractivity contribution in [2.24, 2.45) is 5.92 Å². The summed E-state index contributed by atoms with van der Waals surface area (Å²) in [7, 11) is 0. The number of aromatic nitrogens is 2. The van der Waals surface area contributed by atoms with Gasteiger partial charge in [0.05, 0.1) is 22.2 Å². The van der Waals surface area contributed by atoms with E-state index in [2.05, 4.69) is 27.5 Å². The number of rotatable bonds is 3. The lowest BCUT2D eigenvalue weighted by Crippen LogP contribution is -2.40. The van der Waals surface area contributed by atoms with Crippen LogP contribution in [0.3, 0.4) is 0 Å². The minimum atomic E-state index is -0.980. The van der Waals surface area contributed by atoms with Gasteiger partial charge in [-0.15, -0.1) is 0 Å². The van der Waals surface area contributed by atoms with Crippen molar-refractivity contribution in [1.29, 1.82) is 0 Å². The summed E-state index contributed by atoms with van der Waals surface area (Å²) < 4.78 is 0. The molecule has 10 heteroatoms. The van der Waals surface area contributed by atoms with Crippen molar-refractivity contribution in [3.05, 3.63) is 44.2 Å². The lowest BCUT2D eigenvalue weighted by Gasteiger charge is -2.32. The summed E-state index contributed by atoms with van der Waals surface area (Å²) in [6.45, 7) is 3.69. The average Bonchev–Trinajstić information content (AvgIpc) is 2.69. The van der Waals surface area contributed by atoms with Crippen LogP contribution in [-0.2, 0) is 9.59 Å². The van der Waals surface area contributed by atoms with E-state index in [0.717, 1.165) is 25.9 Å². The summed E-state index contributed by atoms with van der Waals surface area (Å²) >= 11 is 12.0. The number of nitrogens with one attached hydrogen (secondary N) is 3. The molecule has 2 aliphatic rings. The monoisotopic (exact) mass is 449 g/mol. The van der Waals surface area contributed by atoms with Gasteiger partial charge in [0.1, 0.15) is 5.82 Å². The van der Waals surface area contributed by atoms with Gasteiger partial charge >= 0.3 is 0 Å². The molecule has 0 bridgehead atoms. The van der Waals surface area contributed by atoms with Gasteiger partial charge in [-0.3, -0.25) is 19.4 Å². The molecule has 0 aliphatic carbocycles. The molecule has 1 aromatic heterocycles. The van der Waals surface area contributed by atoms with E-state index < -0.39 is 17.4 Å². The van der Waals surface area contributed by atoms with E-state index >= 15 is 0 Å². The van der Waals surface area contributed by atoms with Gasteiger partial charge in [-0.1, -0.05) is 30.1 Å². The first-order valence-corrected chi connectivity index (χ1v) is 10.5. The Morgan fingerprint density at radius 2 is 2.10 bits per heavy atom. The Hall–Kier alpha value is -2.58. The fraction of sp³-hybridized carbons (Fsp3) is 0.400. The van der Waals surface area contributed by atoms with Crippen LogP contribution >= 0.6 is 23.2 Å². The maximum Gasteiger partial charge on any atom is 0.258 e. The fourth-order valence-corrected chi connectivity index (χ4v) is 4.38. The highest BCUT2D eigenvalue weighted by Crippen LogP contribution is 2.32. The Morgan fingerprint density at radius 3 is 2.83 bits per heavy atom. The number of fused-ring (bicyclic) bond motifs is 1. The lowest BCUT2D eigenvalue weighted by molar-refractivity contribution is -0.123. The Bertz CT molecular complexity index is 1070. The second-order valence-corrected chi connectivity index (χ2v) is 8.61. The number of H-pyrrole nitrogens is 1. The number of aromatic amines is 1. The van der Waals surface area contributed by atoms with E-state index in [1.165, 1.54) is 6.07 Å². The first-order valence-electron chi connectivity index (χ1n) is 9.76. The molecule has 0 saturated carbocycles. The largest absolute Gasteiger partial charge is 0.342 e. The van der Waals surface area contributed by atoms with Gasteiger partial charge < -0.3 is 15.5 Å². The number of carbonyl (C=O) groups excluding carboxylic acids is 2. The van der Waals surface area contributed by atoms with E-state index in [-0.39, 0.29) is 28.7 Å². The molecule has 0 unspecified atom stereocenters. The van der Waals surface area contributed by atoms with Gasteiger partial charge in [-0.25, -0.2) is 0 Å². The smallest absolute Gasteiger partial charge is 0.258 e. The summed E-state index contributed by atoms with van der Waals surface area (Å²) in [5.74, 6) is -0.843. The molecule has 2 atom stereocenters. The minimum Gasteiger partial charge on any atom is -0.342 e. The third-order valence-corrected chi connectivity index (χ3v) is 5.95. The van der Waals surface area contributed by atoms with Crippen LogP contribution in [0.2, 0.25) is 10.0 Å². The van der Waals surface area contributed by atoms with Crippen LogP contribution in [0.4, 0.5) is 17.5 Å². The fourth-order valence-electron chi connectivity index (χ4n) is 3.93. The molecule has 30 heavy (non-hydrogen) atoms. The quantitative estimate of drug-likeness (QED) is 0.665. The first-order chi connectivity index (χ1) is 14.3. The lowest BCUT2D eigenvalue weighted by atomic mass is 9.92. The van der Waals surface area contributed by atoms with Crippen molar-refractivity contribution in [3.63, 3.8) is 0 Å². The number of amides is 2. The molecule has 8 nitrogen and oxygen atoms in total. The van der Waals surface area contributed by atoms with Gasteiger partial charge in [-0.2, -0.15) is 4.98 Å². The highest BCUT2D eigenvalue weighted by molar-refractivity contribution is 6.36. The Balaban J connectivity index is 1.65. The summed E-state index contributed by atoms with van der Waals surface area (Å²) in [6.07, 6.45) is 1.97. The van der Waals surface area contributed by atoms with Crippen LogP contribution in [0.15, 0.2) is 23.0 Å². The van der Waals surface area contributed by atoms with E-state index in [4.69, 9.17) is 23.2 Å². The number of nitrogens with zero attached hydrogens (tertiary/aromatic N) is 2. The maximum absolute atomic E-state index is 12.9. The van der Waals surface area contributed by atoms with Gasteiger partial charge in [0, 0.05) is 24.5 Å². The summed E-state index contributed by atoms with van der Waals surface area (Å²) in [6, 6.07) is 4.65. The van der Waals surface area contributed by atoms with Crippen molar-refractivity contribution in [2.45, 2.75) is 32.1 Å². The van der Waals surface area contributed by atoms with Crippen LogP contribution in [0.5, 0.6) is 0 Å². The molecule has 1 saturated heterocycles. The van der Waals surface area contributed by atoms with E-state index in [1.54, 1.807) is 12.1 Å². The highest BCUT2D eigenvalue weighted by Gasteiger charge is 2.35. The zero-order chi connectivity index (χ0) is 21.4. The van der Waals surface area contributed by atoms with Gasteiger partial charge in [0.2, 0.25) is 17.8 Å². The second-order valence-electron chi connectivity index (χ2n) is 7.76. The van der Waals surface area contributed by atoms with Gasteiger partial charge in [-0.05, 0) is 37.0 Å². The van der Waals surface area contributed by atoms with Crippen LogP contribution in [0.25, 0.3) is 0 Å². The summed E-state index contributed by atoms with van der Waals surface area (Å²) in [5.41, 5.74) is 0.0588. The number of piperidine rings is 1. The van der Waals surface area contributed by atoms with Gasteiger partial charge in [0.25, 0.3) is 5.56 Å². The Labute approximate surface area is 183 Å². The topological polar surface area (TPSA) is 107 Å². The third kappa shape index (κ3) is 4.15. The number of hydrogen-bond acceptors (Lipinski definition) is 5. The molecule has 3 N–H and O–H groups in total. The molecule has 2 aromatic rings. The average molecular weight is 450 g/mol. The molecule has 3 heterocycles. The summed E-state index contributed by atoms with van der Waals surface area (Å²) in [4.78, 5) is 47.3. The Kier molecular flexibility index (Phi) is 5.71. The second kappa shape index (κ2) is 8.28. The normalized spacial score (nSPS) is 21.0. The SMILES string of the molecule is C[C@@H]1CCCN(c2nc3c(c(=O)[nH]2)[C@H](C(=O)Nc2ccc(Cl)cc2Cl)CC(=O)N3)C1. The number of benzene rings is 1. The standard InChI is InChI=1S/C20H21Cl2N5O3/c1-10-3-2-6-27(9-10)20-25-17-16(19(30)26-20)12(8-15(28)24-17)18(29)23-14-5-4-11(21)7-13(14)22/h4-5,7,10,12H,2-3,6,8-9H2,1H3,(H,23,29)(H2,24,25,26,28,30)/t10-,12-/m1/s1. The molecule has 1 fully saturated rings. The van der Waals surface area contributed by atoms with Gasteiger partial charge in [0.15, 0.2) is 0 Å². The highest BCUT2D eigenvalue weighted by atomic mass is 35.5. The van der Waals surface area contributed by atoms with Crippen LogP contribution in [0.1, 0.15) is 37.7 Å². The molecule has 1 aromatic carbocycles. The van der Waals surface area contributed by atoms with E-state index in [1.807, 2.05) is 4.90 Å². The van der Waals surface area contributed by atoms with Crippen molar-refractivity contribution >= 4 is 52.5 Å². The van der Waals surface area contributed by atoms with E-state index in [0.29, 0.717) is 22.6 Å². The maximum atomic E-state index is 12.9. The number of hydrogen-bond donors (Lipinski definition) is 3. The van der Waals surface area contributed by atoms with Crippen LogP contribution in [-0.4, -0.2) is 34.9 Å². The molecular weight excluding hydrogens is 429 g/mol. The molecular formula is C20H21Cl2N5O3. The van der Waals surface area contributed by atoms with Crippen molar-refractivity contribution in [3.8, 4) is 0 Å². The molecule has 4 rings (SSSR count). The van der Waals surface area contributed by atoms with Crippen molar-refractivity contribution < 1.29 is 9.59 Å². The zero-order valence-electron chi connectivity index (χ0n) is 16.3. The van der Waals surface area contributed by atoms with Crippen molar-refractivity contribution in [1.82, 2.24) is 9.97 Å². The number of anilines is 3. The Morgan fingerprint density at radius 1 is 1.30 bits per heavy atom. The number of halogens is 2. The van der Waals surface area contributed by atoms with Crippen LogP contribution < -0.4 is 21.1 Å². The van der Waals surface area contributed by atoms with Crippen molar-refractivity contribution in [2.75, 3.05) is 28.6 Å². The summed E-state index contributed by atoms with van der Waals surface area (Å²) in [5, 5.41) is 6.01. The molecule has 2 amide bonds. The minimum absolute atomic E-state index is 0.130. The zero-order valence-corrected chi connectivity index (χ0v) is 17.8. The molecule has 158 valence electrons. The predicted molar refractivity (Wildman–Crippen MR) is 117 cm³/mol. The van der Waals surface area contributed by atoms with Crippen LogP contribution in [0, 0.1) is 5.92 Å².